The lowest BCUT2D eigenvalue weighted by Crippen LogP contribution is -2.07. The molecular weight excluding hydrogens is 212 g/mol. The normalized spacial score (nSPS) is 10.5. The maximum Gasteiger partial charge on any atom is 0.225 e. The van der Waals surface area contributed by atoms with Gasteiger partial charge in [0.2, 0.25) is 5.95 Å². The molecule has 1 heterocycles. The summed E-state index contributed by atoms with van der Waals surface area (Å²) >= 11 is 0. The Hall–Kier alpha value is -1.84. The molecular formula is C13H18N4. The van der Waals surface area contributed by atoms with Crippen LogP contribution in [0.5, 0.6) is 0 Å². The van der Waals surface area contributed by atoms with Crippen LogP contribution in [0.15, 0.2) is 24.3 Å². The van der Waals surface area contributed by atoms with Crippen molar-refractivity contribution in [1.29, 1.82) is 0 Å². The fourth-order valence-corrected chi connectivity index (χ4v) is 1.69. The molecule has 90 valence electrons. The Balaban J connectivity index is 2.45. The van der Waals surface area contributed by atoms with E-state index < -0.39 is 0 Å². The van der Waals surface area contributed by atoms with Gasteiger partial charge in [0.25, 0.3) is 0 Å². The number of hydrogen-bond donors (Lipinski definition) is 2. The van der Waals surface area contributed by atoms with E-state index in [2.05, 4.69) is 27.5 Å². The van der Waals surface area contributed by atoms with Crippen LogP contribution >= 0.6 is 0 Å². The molecule has 0 saturated carbocycles. The molecule has 0 aliphatic rings. The topological polar surface area (TPSA) is 49.8 Å². The summed E-state index contributed by atoms with van der Waals surface area (Å²) in [5.74, 6) is 1.60. The lowest BCUT2D eigenvalue weighted by molar-refractivity contribution is 0.968. The van der Waals surface area contributed by atoms with Crippen LogP contribution < -0.4 is 10.6 Å². The van der Waals surface area contributed by atoms with Crippen molar-refractivity contribution in [2.24, 2.45) is 0 Å². The first-order chi connectivity index (χ1) is 8.35. The Morgan fingerprint density at radius 2 is 1.88 bits per heavy atom. The molecule has 2 N–H and O–H groups in total. The van der Waals surface area contributed by atoms with Crippen molar-refractivity contribution in [2.45, 2.75) is 20.3 Å². The van der Waals surface area contributed by atoms with Crippen LogP contribution in [0.1, 0.15) is 20.3 Å². The summed E-state index contributed by atoms with van der Waals surface area (Å²) in [7, 11) is 0. The summed E-state index contributed by atoms with van der Waals surface area (Å²) in [4.78, 5) is 8.97. The van der Waals surface area contributed by atoms with Crippen molar-refractivity contribution in [1.82, 2.24) is 9.97 Å². The first-order valence-electron chi connectivity index (χ1n) is 6.09. The molecule has 0 spiro atoms. The maximum absolute atomic E-state index is 4.49. The van der Waals surface area contributed by atoms with E-state index in [4.69, 9.17) is 0 Å². The maximum atomic E-state index is 4.49. The van der Waals surface area contributed by atoms with Gasteiger partial charge in [0.1, 0.15) is 5.82 Å². The fraction of sp³-hybridized carbons (Fsp3) is 0.385. The third kappa shape index (κ3) is 2.64. The third-order valence-electron chi connectivity index (χ3n) is 2.48. The highest BCUT2D eigenvalue weighted by atomic mass is 15.1. The van der Waals surface area contributed by atoms with E-state index in [9.17, 15) is 0 Å². The van der Waals surface area contributed by atoms with Crippen LogP contribution in [0.2, 0.25) is 0 Å². The zero-order valence-electron chi connectivity index (χ0n) is 10.3. The predicted octanol–water partition coefficient (Wildman–Crippen LogP) is 2.88. The van der Waals surface area contributed by atoms with Crippen LogP contribution in [0.25, 0.3) is 10.9 Å². The summed E-state index contributed by atoms with van der Waals surface area (Å²) in [5.41, 5.74) is 0.969. The van der Waals surface area contributed by atoms with Gasteiger partial charge in [-0.15, -0.1) is 0 Å². The van der Waals surface area contributed by atoms with Crippen molar-refractivity contribution >= 4 is 22.7 Å². The van der Waals surface area contributed by atoms with E-state index in [0.29, 0.717) is 5.95 Å². The van der Waals surface area contributed by atoms with Gasteiger partial charge in [-0.1, -0.05) is 19.1 Å². The number of hydrogen-bond acceptors (Lipinski definition) is 4. The zero-order chi connectivity index (χ0) is 12.1. The van der Waals surface area contributed by atoms with Gasteiger partial charge in [-0.2, -0.15) is 4.98 Å². The lowest BCUT2D eigenvalue weighted by atomic mass is 10.2. The van der Waals surface area contributed by atoms with Crippen LogP contribution in [0.3, 0.4) is 0 Å². The van der Waals surface area contributed by atoms with Crippen molar-refractivity contribution in [3.05, 3.63) is 24.3 Å². The third-order valence-corrected chi connectivity index (χ3v) is 2.48. The summed E-state index contributed by atoms with van der Waals surface area (Å²) in [5, 5.41) is 7.57. The standard InChI is InChI=1S/C13H18N4/c1-3-9-15-12-10-7-5-6-8-11(10)16-13(17-12)14-4-2/h5-8H,3-4,9H2,1-2H3,(H2,14,15,16,17). The number of para-hydroxylation sites is 1. The summed E-state index contributed by atoms with van der Waals surface area (Å²) in [6.07, 6.45) is 1.08. The number of nitrogens with one attached hydrogen (secondary N) is 2. The smallest absolute Gasteiger partial charge is 0.225 e. The molecule has 4 heteroatoms. The number of benzene rings is 1. The van der Waals surface area contributed by atoms with E-state index in [1.54, 1.807) is 0 Å². The minimum absolute atomic E-state index is 0.685. The van der Waals surface area contributed by atoms with E-state index in [0.717, 1.165) is 36.2 Å². The van der Waals surface area contributed by atoms with Gasteiger partial charge in [0.05, 0.1) is 5.52 Å². The minimum atomic E-state index is 0.685. The fourth-order valence-electron chi connectivity index (χ4n) is 1.69. The Kier molecular flexibility index (Phi) is 3.75. The summed E-state index contributed by atoms with van der Waals surface area (Å²) in [6.45, 7) is 5.93. The van der Waals surface area contributed by atoms with Crippen molar-refractivity contribution in [3.63, 3.8) is 0 Å². The second-order valence-electron chi connectivity index (χ2n) is 3.87. The van der Waals surface area contributed by atoms with Crippen molar-refractivity contribution in [3.8, 4) is 0 Å². The van der Waals surface area contributed by atoms with E-state index in [1.807, 2.05) is 31.2 Å². The van der Waals surface area contributed by atoms with Crippen molar-refractivity contribution in [2.75, 3.05) is 23.7 Å². The molecule has 0 saturated heterocycles. The predicted molar refractivity (Wildman–Crippen MR) is 72.5 cm³/mol. The molecule has 1 aromatic heterocycles. The lowest BCUT2D eigenvalue weighted by Gasteiger charge is -2.10. The first-order valence-corrected chi connectivity index (χ1v) is 6.09. The van der Waals surface area contributed by atoms with Gasteiger partial charge in [0, 0.05) is 18.5 Å². The number of anilines is 2. The summed E-state index contributed by atoms with van der Waals surface area (Å²) < 4.78 is 0. The molecule has 0 aliphatic heterocycles. The molecule has 4 nitrogen and oxygen atoms in total. The van der Waals surface area contributed by atoms with Gasteiger partial charge in [-0.25, -0.2) is 4.98 Å². The number of fused-ring (bicyclic) bond motifs is 1. The molecule has 0 bridgehead atoms. The monoisotopic (exact) mass is 230 g/mol. The number of nitrogens with zero attached hydrogens (tertiary/aromatic N) is 2. The molecule has 0 aliphatic carbocycles. The van der Waals surface area contributed by atoms with Gasteiger partial charge < -0.3 is 10.6 Å². The highest BCUT2D eigenvalue weighted by molar-refractivity contribution is 5.89. The minimum Gasteiger partial charge on any atom is -0.369 e. The van der Waals surface area contributed by atoms with Gasteiger partial charge in [0.15, 0.2) is 0 Å². The van der Waals surface area contributed by atoms with Gasteiger partial charge >= 0.3 is 0 Å². The molecule has 0 radical (unpaired) electrons. The molecule has 2 rings (SSSR count). The zero-order valence-corrected chi connectivity index (χ0v) is 10.3. The van der Waals surface area contributed by atoms with Gasteiger partial charge in [-0.3, -0.25) is 0 Å². The molecule has 0 fully saturated rings. The molecule has 0 amide bonds. The molecule has 1 aromatic carbocycles. The Morgan fingerprint density at radius 1 is 1.06 bits per heavy atom. The highest BCUT2D eigenvalue weighted by Gasteiger charge is 2.05. The van der Waals surface area contributed by atoms with E-state index in [1.165, 1.54) is 0 Å². The van der Waals surface area contributed by atoms with Crippen LogP contribution in [-0.4, -0.2) is 23.1 Å². The van der Waals surface area contributed by atoms with Crippen molar-refractivity contribution < 1.29 is 0 Å². The highest BCUT2D eigenvalue weighted by Crippen LogP contribution is 2.21. The molecule has 17 heavy (non-hydrogen) atoms. The Labute approximate surface area is 101 Å². The first kappa shape index (κ1) is 11.6. The average Bonchev–Trinajstić information content (AvgIpc) is 2.36. The quantitative estimate of drug-likeness (QED) is 0.829. The number of rotatable bonds is 5. The number of aromatic nitrogens is 2. The van der Waals surface area contributed by atoms with E-state index >= 15 is 0 Å². The molecule has 0 unspecified atom stereocenters. The SMILES string of the molecule is CCCNc1nc(NCC)nc2ccccc12. The molecule has 2 aromatic rings. The van der Waals surface area contributed by atoms with Crippen LogP contribution in [-0.2, 0) is 0 Å². The Morgan fingerprint density at radius 3 is 2.65 bits per heavy atom. The average molecular weight is 230 g/mol. The molecule has 0 atom stereocenters. The van der Waals surface area contributed by atoms with E-state index in [-0.39, 0.29) is 0 Å². The summed E-state index contributed by atoms with van der Waals surface area (Å²) in [6, 6.07) is 8.06. The Bertz CT molecular complexity index is 496. The second-order valence-corrected chi connectivity index (χ2v) is 3.87. The van der Waals surface area contributed by atoms with Crippen LogP contribution in [0, 0.1) is 0 Å². The van der Waals surface area contributed by atoms with Gasteiger partial charge in [-0.05, 0) is 25.5 Å². The second kappa shape index (κ2) is 5.48. The largest absolute Gasteiger partial charge is 0.369 e. The van der Waals surface area contributed by atoms with Crippen LogP contribution in [0.4, 0.5) is 11.8 Å².